The lowest BCUT2D eigenvalue weighted by Crippen LogP contribution is -2.48. The summed E-state index contributed by atoms with van der Waals surface area (Å²) in [6, 6.07) is 80.1. The maximum Gasteiger partial charge on any atom is 0.234 e. The van der Waals surface area contributed by atoms with Crippen LogP contribution in [0, 0.1) is 0 Å². The van der Waals surface area contributed by atoms with E-state index in [1.807, 2.05) is 233 Å². The van der Waals surface area contributed by atoms with E-state index in [9.17, 15) is 24.3 Å². The van der Waals surface area contributed by atoms with Gasteiger partial charge >= 0.3 is 0 Å². The minimum atomic E-state index is -0.268. The highest BCUT2D eigenvalue weighted by atomic mass is 16.3. The number of carbonyl (C=O) groups is 4. The minimum absolute atomic E-state index is 0.104. The second kappa shape index (κ2) is 31.7. The highest BCUT2D eigenvalue weighted by Gasteiger charge is 2.32. The molecule has 10 heteroatoms. The number of nitrogens with zero attached hydrogens (tertiary/aromatic N) is 5. The van der Waals surface area contributed by atoms with Crippen molar-refractivity contribution in [2.75, 3.05) is 73.5 Å². The van der Waals surface area contributed by atoms with Crippen LogP contribution in [0.3, 0.4) is 0 Å². The number of likely N-dealkylation sites (N-methyl/N-ethyl adjacent to an activating group) is 2. The van der Waals surface area contributed by atoms with Gasteiger partial charge in [0.05, 0.1) is 29.8 Å². The molecule has 3 heterocycles. The number of rotatable bonds is 12. The van der Waals surface area contributed by atoms with E-state index in [-0.39, 0.29) is 53.4 Å². The van der Waals surface area contributed by atoms with Gasteiger partial charge in [-0.3, -0.25) is 19.2 Å². The number of aliphatic hydroxyl groups excluding tert-OH is 1. The Morgan fingerprint density at radius 1 is 0.337 bits per heavy atom. The molecule has 0 bridgehead atoms. The highest BCUT2D eigenvalue weighted by molar-refractivity contribution is 5.89. The zero-order valence-electron chi connectivity index (χ0n) is 48.5. The van der Waals surface area contributed by atoms with Crippen molar-refractivity contribution in [3.8, 4) is 0 Å². The predicted molar refractivity (Wildman–Crippen MR) is 334 cm³/mol. The first kappa shape index (κ1) is 60.7. The summed E-state index contributed by atoms with van der Waals surface area (Å²) >= 11 is 0. The molecule has 0 spiro atoms. The second-order valence-electron chi connectivity index (χ2n) is 21.8. The number of hydrogen-bond acceptors (Lipinski definition) is 6. The molecule has 11 rings (SSSR count). The quantitative estimate of drug-likeness (QED) is 0.131. The fraction of sp³-hybridized carbons (Fsp3) is 0.288. The van der Waals surface area contributed by atoms with Crippen molar-refractivity contribution in [1.29, 1.82) is 0 Å². The maximum absolute atomic E-state index is 13.1. The Morgan fingerprint density at radius 2 is 0.566 bits per heavy atom. The molecule has 4 amide bonds. The average Bonchev–Trinajstić information content (AvgIpc) is 3.59. The Balaban J connectivity index is 0.000000145. The van der Waals surface area contributed by atoms with Crippen molar-refractivity contribution < 1.29 is 24.3 Å². The van der Waals surface area contributed by atoms with Crippen molar-refractivity contribution >= 4 is 23.6 Å². The van der Waals surface area contributed by atoms with E-state index in [2.05, 4.69) is 36.2 Å². The van der Waals surface area contributed by atoms with Gasteiger partial charge in [-0.1, -0.05) is 243 Å². The molecule has 1 N–H and O–H groups in total. The monoisotopic (exact) mass is 1110 g/mol. The summed E-state index contributed by atoms with van der Waals surface area (Å²) in [6.45, 7) is 6.58. The molecule has 0 saturated carbocycles. The van der Waals surface area contributed by atoms with Gasteiger partial charge in [-0.25, -0.2) is 0 Å². The van der Waals surface area contributed by atoms with Crippen molar-refractivity contribution in [1.82, 2.24) is 24.5 Å². The summed E-state index contributed by atoms with van der Waals surface area (Å²) < 4.78 is 0. The number of carbonyl (C=O) groups excluding carboxylic acids is 4. The SMILES string of the molecule is CN(C)C(=O)C(c1ccccc1)c1ccccc1.CN1CCN(C(=O)C(c2ccccc2)c2ccccc2)CC1.O=C(C(c1ccccc1)c1ccccc1)N1CCC(O)CC1.O=C(C(c1ccccc1)c1ccccc1)N1CCCCC1. The highest BCUT2D eigenvalue weighted by Crippen LogP contribution is 2.32. The molecule has 0 atom stereocenters. The molecule has 428 valence electrons. The second-order valence-corrected chi connectivity index (χ2v) is 21.8. The molecule has 3 saturated heterocycles. The normalized spacial score (nSPS) is 14.6. The van der Waals surface area contributed by atoms with Crippen molar-refractivity contribution in [3.63, 3.8) is 0 Å². The van der Waals surface area contributed by atoms with E-state index in [4.69, 9.17) is 0 Å². The van der Waals surface area contributed by atoms with Gasteiger partial charge in [0, 0.05) is 66.5 Å². The maximum atomic E-state index is 13.1. The summed E-state index contributed by atoms with van der Waals surface area (Å²) in [6.07, 6.45) is 4.56. The van der Waals surface area contributed by atoms with Gasteiger partial charge < -0.3 is 29.6 Å². The third kappa shape index (κ3) is 17.3. The summed E-state index contributed by atoms with van der Waals surface area (Å²) in [7, 11) is 5.69. The summed E-state index contributed by atoms with van der Waals surface area (Å²) in [5, 5.41) is 9.64. The Labute approximate surface area is 492 Å². The Kier molecular flexibility index (Phi) is 23.2. The van der Waals surface area contributed by atoms with Gasteiger partial charge in [0.15, 0.2) is 0 Å². The van der Waals surface area contributed by atoms with E-state index < -0.39 is 0 Å². The molecule has 0 aromatic heterocycles. The van der Waals surface area contributed by atoms with Crippen LogP contribution < -0.4 is 0 Å². The topological polar surface area (TPSA) is 105 Å². The van der Waals surface area contributed by atoms with Crippen LogP contribution in [0.15, 0.2) is 243 Å². The van der Waals surface area contributed by atoms with Gasteiger partial charge in [-0.15, -0.1) is 0 Å². The van der Waals surface area contributed by atoms with Gasteiger partial charge in [0.25, 0.3) is 0 Å². The number of likely N-dealkylation sites (tertiary alicyclic amines) is 2. The molecule has 8 aromatic carbocycles. The standard InChI is InChI=1S/C19H22N2O.C19H21NO2.C19H21NO.C16H17NO/c1-20-12-14-21(15-13-20)19(22)18(16-8-4-2-5-9-16)17-10-6-3-7-11-17;21-17-11-13-20(14-12-17)19(22)18(15-7-3-1-4-8-15)16-9-5-2-6-10-16;21-19(20-14-8-3-9-15-20)18(16-10-4-1-5-11-16)17-12-6-2-7-13-17;1-17(2)16(18)15(13-9-5-3-6-10-13)14-11-7-4-8-12-14/h2-11,18H,12-15H2,1H3;1-10,17-18,21H,11-14H2;1-2,4-7,10-13,18H,3,8-9,14-15H2;3-12,15H,1-2H3. The van der Waals surface area contributed by atoms with Gasteiger partial charge in [-0.2, -0.15) is 0 Å². The molecule has 8 aromatic rings. The molecule has 0 unspecified atom stereocenters. The molecule has 83 heavy (non-hydrogen) atoms. The van der Waals surface area contributed by atoms with Crippen LogP contribution in [0.25, 0.3) is 0 Å². The molecule has 3 aliphatic heterocycles. The van der Waals surface area contributed by atoms with Gasteiger partial charge in [0.1, 0.15) is 0 Å². The fourth-order valence-electron chi connectivity index (χ4n) is 11.1. The van der Waals surface area contributed by atoms with Gasteiger partial charge in [0.2, 0.25) is 23.6 Å². The van der Waals surface area contributed by atoms with E-state index >= 15 is 0 Å². The summed E-state index contributed by atoms with van der Waals surface area (Å²) in [5.41, 5.74) is 8.40. The van der Waals surface area contributed by atoms with E-state index in [0.29, 0.717) is 25.9 Å². The molecule has 10 nitrogen and oxygen atoms in total. The first-order valence-electron chi connectivity index (χ1n) is 29.4. The van der Waals surface area contributed by atoms with Crippen molar-refractivity contribution in [2.45, 2.75) is 61.9 Å². The number of hydrogen-bond donors (Lipinski definition) is 1. The third-order valence-corrected chi connectivity index (χ3v) is 15.8. The molecule has 0 aliphatic carbocycles. The number of piperidine rings is 2. The zero-order valence-corrected chi connectivity index (χ0v) is 48.5. The number of aliphatic hydroxyl groups is 1. The number of amides is 4. The Morgan fingerprint density at radius 3 is 0.819 bits per heavy atom. The van der Waals surface area contributed by atoms with Crippen LogP contribution in [-0.4, -0.2) is 133 Å². The lowest BCUT2D eigenvalue weighted by molar-refractivity contribution is -0.134. The Hall–Kier alpha value is -8.44. The van der Waals surface area contributed by atoms with Crippen LogP contribution in [0.1, 0.15) is 100 Å². The lowest BCUT2D eigenvalue weighted by Gasteiger charge is -2.35. The molecule has 3 fully saturated rings. The molecular formula is C73H81N5O5. The minimum Gasteiger partial charge on any atom is -0.393 e. The number of piperazine rings is 1. The van der Waals surface area contributed by atoms with Gasteiger partial charge in [-0.05, 0) is 83.7 Å². The predicted octanol–water partition coefficient (Wildman–Crippen LogP) is 12.1. The van der Waals surface area contributed by atoms with Crippen molar-refractivity contribution in [2.24, 2.45) is 0 Å². The lowest BCUT2D eigenvalue weighted by atomic mass is 9.89. The van der Waals surface area contributed by atoms with E-state index in [0.717, 1.165) is 96.6 Å². The smallest absolute Gasteiger partial charge is 0.234 e. The van der Waals surface area contributed by atoms with E-state index in [1.165, 1.54) is 6.42 Å². The van der Waals surface area contributed by atoms with E-state index in [1.54, 1.807) is 19.0 Å². The van der Waals surface area contributed by atoms with Crippen LogP contribution in [-0.2, 0) is 19.2 Å². The zero-order chi connectivity index (χ0) is 58.2. The van der Waals surface area contributed by atoms with Crippen molar-refractivity contribution in [3.05, 3.63) is 287 Å². The molecule has 0 radical (unpaired) electrons. The van der Waals surface area contributed by atoms with Crippen LogP contribution in [0.5, 0.6) is 0 Å². The fourth-order valence-corrected chi connectivity index (χ4v) is 11.1. The van der Waals surface area contributed by atoms with Crippen LogP contribution in [0.4, 0.5) is 0 Å². The van der Waals surface area contributed by atoms with Crippen LogP contribution >= 0.6 is 0 Å². The first-order chi connectivity index (χ1) is 40.6. The first-order valence-corrected chi connectivity index (χ1v) is 29.4. The molecule has 3 aliphatic rings. The largest absolute Gasteiger partial charge is 0.393 e. The van der Waals surface area contributed by atoms with Crippen LogP contribution in [0.2, 0.25) is 0 Å². The number of benzene rings is 8. The average molecular weight is 1110 g/mol. The summed E-state index contributed by atoms with van der Waals surface area (Å²) in [4.78, 5) is 61.4. The third-order valence-electron chi connectivity index (χ3n) is 15.8. The molecular weight excluding hydrogens is 1030 g/mol. The Bertz CT molecular complexity index is 2880. The summed E-state index contributed by atoms with van der Waals surface area (Å²) in [5.74, 6) is -0.175.